The SMILES string of the molecule is CCc1ccc(NC(=O)NC2CCC(C)CC2)cc1. The van der Waals surface area contributed by atoms with Crippen LogP contribution in [0.25, 0.3) is 0 Å². The quantitative estimate of drug-likeness (QED) is 0.849. The molecule has 3 heteroatoms. The lowest BCUT2D eigenvalue weighted by Gasteiger charge is -2.26. The van der Waals surface area contributed by atoms with E-state index in [0.717, 1.165) is 30.9 Å². The molecule has 1 fully saturated rings. The molecule has 0 bridgehead atoms. The van der Waals surface area contributed by atoms with Crippen LogP contribution in [0.2, 0.25) is 0 Å². The normalized spacial score (nSPS) is 22.8. The van der Waals surface area contributed by atoms with E-state index in [1.165, 1.54) is 18.4 Å². The first-order valence-electron chi connectivity index (χ1n) is 7.34. The van der Waals surface area contributed by atoms with Crippen LogP contribution >= 0.6 is 0 Å². The maximum atomic E-state index is 11.9. The first kappa shape index (κ1) is 13.9. The lowest BCUT2D eigenvalue weighted by atomic mass is 9.87. The van der Waals surface area contributed by atoms with Gasteiger partial charge in [-0.1, -0.05) is 26.0 Å². The standard InChI is InChI=1S/C16H24N2O/c1-3-13-6-10-15(11-7-13)18-16(19)17-14-8-4-12(2)5-9-14/h6-7,10-12,14H,3-5,8-9H2,1-2H3,(H2,17,18,19). The van der Waals surface area contributed by atoms with E-state index in [1.54, 1.807) is 0 Å². The van der Waals surface area contributed by atoms with Crippen LogP contribution in [0.4, 0.5) is 10.5 Å². The molecule has 0 aromatic heterocycles. The molecule has 1 saturated carbocycles. The second-order valence-electron chi connectivity index (χ2n) is 5.61. The Labute approximate surface area is 115 Å². The van der Waals surface area contributed by atoms with E-state index in [9.17, 15) is 4.79 Å². The van der Waals surface area contributed by atoms with Gasteiger partial charge in [0.2, 0.25) is 0 Å². The number of aryl methyl sites for hydroxylation is 1. The molecule has 0 aliphatic heterocycles. The molecule has 1 aliphatic carbocycles. The molecule has 1 aromatic carbocycles. The Morgan fingerprint density at radius 2 is 1.79 bits per heavy atom. The largest absolute Gasteiger partial charge is 0.335 e. The Morgan fingerprint density at radius 3 is 2.37 bits per heavy atom. The summed E-state index contributed by atoms with van der Waals surface area (Å²) in [6.07, 6.45) is 5.66. The molecular formula is C16H24N2O. The zero-order valence-electron chi connectivity index (χ0n) is 11.9. The minimum absolute atomic E-state index is 0.0798. The molecule has 0 radical (unpaired) electrons. The number of anilines is 1. The summed E-state index contributed by atoms with van der Waals surface area (Å²) < 4.78 is 0. The van der Waals surface area contributed by atoms with Crippen LogP contribution in [0.3, 0.4) is 0 Å². The van der Waals surface area contributed by atoms with Gasteiger partial charge in [0, 0.05) is 11.7 Å². The smallest absolute Gasteiger partial charge is 0.319 e. The fraction of sp³-hybridized carbons (Fsp3) is 0.562. The van der Waals surface area contributed by atoms with Crippen molar-refractivity contribution in [1.29, 1.82) is 0 Å². The summed E-state index contributed by atoms with van der Waals surface area (Å²) in [6.45, 7) is 4.41. The predicted octanol–water partition coefficient (Wildman–Crippen LogP) is 3.95. The zero-order valence-corrected chi connectivity index (χ0v) is 11.9. The van der Waals surface area contributed by atoms with Crippen molar-refractivity contribution in [1.82, 2.24) is 5.32 Å². The minimum atomic E-state index is -0.0798. The van der Waals surface area contributed by atoms with Crippen molar-refractivity contribution >= 4 is 11.7 Å². The predicted molar refractivity (Wildman–Crippen MR) is 79.4 cm³/mol. The van der Waals surface area contributed by atoms with Gasteiger partial charge in [0.05, 0.1) is 0 Å². The van der Waals surface area contributed by atoms with Crippen LogP contribution in [0, 0.1) is 5.92 Å². The van der Waals surface area contributed by atoms with Gasteiger partial charge in [-0.2, -0.15) is 0 Å². The van der Waals surface area contributed by atoms with Crippen molar-refractivity contribution in [2.45, 2.75) is 52.0 Å². The van der Waals surface area contributed by atoms with Crippen molar-refractivity contribution in [3.05, 3.63) is 29.8 Å². The molecule has 2 rings (SSSR count). The Hall–Kier alpha value is -1.51. The topological polar surface area (TPSA) is 41.1 Å². The third-order valence-electron chi connectivity index (χ3n) is 3.97. The van der Waals surface area contributed by atoms with Crippen molar-refractivity contribution in [2.75, 3.05) is 5.32 Å². The van der Waals surface area contributed by atoms with E-state index in [0.29, 0.717) is 6.04 Å². The molecule has 0 unspecified atom stereocenters. The fourth-order valence-corrected chi connectivity index (χ4v) is 2.58. The van der Waals surface area contributed by atoms with Crippen LogP contribution in [0.15, 0.2) is 24.3 Å². The number of rotatable bonds is 3. The van der Waals surface area contributed by atoms with E-state index in [-0.39, 0.29) is 6.03 Å². The number of carbonyl (C=O) groups excluding carboxylic acids is 1. The van der Waals surface area contributed by atoms with E-state index >= 15 is 0 Å². The molecule has 0 spiro atoms. The highest BCUT2D eigenvalue weighted by atomic mass is 16.2. The number of carbonyl (C=O) groups is 1. The van der Waals surface area contributed by atoms with Gasteiger partial charge in [-0.15, -0.1) is 0 Å². The van der Waals surface area contributed by atoms with Crippen LogP contribution in [-0.2, 0) is 6.42 Å². The Bertz CT molecular complexity index is 405. The van der Waals surface area contributed by atoms with Gasteiger partial charge in [0.25, 0.3) is 0 Å². The van der Waals surface area contributed by atoms with Gasteiger partial charge >= 0.3 is 6.03 Å². The Kier molecular flexibility index (Phi) is 4.83. The Morgan fingerprint density at radius 1 is 1.16 bits per heavy atom. The van der Waals surface area contributed by atoms with Crippen LogP contribution in [0.5, 0.6) is 0 Å². The molecule has 1 aromatic rings. The number of hydrogen-bond acceptors (Lipinski definition) is 1. The van der Waals surface area contributed by atoms with Crippen molar-refractivity contribution in [2.24, 2.45) is 5.92 Å². The second-order valence-corrected chi connectivity index (χ2v) is 5.61. The summed E-state index contributed by atoms with van der Waals surface area (Å²) >= 11 is 0. The van der Waals surface area contributed by atoms with Gasteiger partial charge in [0.15, 0.2) is 0 Å². The molecule has 1 aliphatic rings. The number of nitrogens with one attached hydrogen (secondary N) is 2. The molecule has 0 heterocycles. The summed E-state index contributed by atoms with van der Waals surface area (Å²) in [5.41, 5.74) is 2.14. The number of amides is 2. The van der Waals surface area contributed by atoms with Gasteiger partial charge in [0.1, 0.15) is 0 Å². The molecule has 0 saturated heterocycles. The lowest BCUT2D eigenvalue weighted by Crippen LogP contribution is -2.39. The average molecular weight is 260 g/mol. The second kappa shape index (κ2) is 6.60. The lowest BCUT2D eigenvalue weighted by molar-refractivity contribution is 0.239. The van der Waals surface area contributed by atoms with Gasteiger partial charge < -0.3 is 10.6 Å². The van der Waals surface area contributed by atoms with Crippen molar-refractivity contribution < 1.29 is 4.79 Å². The molecule has 2 amide bonds. The summed E-state index contributed by atoms with van der Waals surface area (Å²) in [5.74, 6) is 0.808. The molecule has 0 atom stereocenters. The number of hydrogen-bond donors (Lipinski definition) is 2. The highest BCUT2D eigenvalue weighted by molar-refractivity contribution is 5.89. The molecule has 3 nitrogen and oxygen atoms in total. The third-order valence-corrected chi connectivity index (χ3v) is 3.97. The maximum absolute atomic E-state index is 11.9. The summed E-state index contributed by atoms with van der Waals surface area (Å²) in [4.78, 5) is 11.9. The fourth-order valence-electron chi connectivity index (χ4n) is 2.58. The van der Waals surface area contributed by atoms with Crippen LogP contribution < -0.4 is 10.6 Å². The minimum Gasteiger partial charge on any atom is -0.335 e. The molecular weight excluding hydrogens is 236 g/mol. The maximum Gasteiger partial charge on any atom is 0.319 e. The zero-order chi connectivity index (χ0) is 13.7. The first-order chi connectivity index (χ1) is 9.17. The molecule has 2 N–H and O–H groups in total. The molecule has 104 valence electrons. The van der Waals surface area contributed by atoms with Crippen molar-refractivity contribution in [3.8, 4) is 0 Å². The van der Waals surface area contributed by atoms with Gasteiger partial charge in [-0.05, 0) is 55.7 Å². The van der Waals surface area contributed by atoms with Crippen molar-refractivity contribution in [3.63, 3.8) is 0 Å². The average Bonchev–Trinajstić information content (AvgIpc) is 2.42. The van der Waals surface area contributed by atoms with E-state index in [2.05, 4.69) is 36.6 Å². The molecule has 19 heavy (non-hydrogen) atoms. The highest BCUT2D eigenvalue weighted by Gasteiger charge is 2.19. The summed E-state index contributed by atoms with van der Waals surface area (Å²) in [6, 6.07) is 8.29. The number of urea groups is 1. The van der Waals surface area contributed by atoms with E-state index < -0.39 is 0 Å². The first-order valence-corrected chi connectivity index (χ1v) is 7.34. The summed E-state index contributed by atoms with van der Waals surface area (Å²) in [7, 11) is 0. The monoisotopic (exact) mass is 260 g/mol. The summed E-state index contributed by atoms with van der Waals surface area (Å²) in [5, 5.41) is 5.97. The highest BCUT2D eigenvalue weighted by Crippen LogP contribution is 2.23. The van der Waals surface area contributed by atoms with E-state index in [1.807, 2.05) is 12.1 Å². The number of benzene rings is 1. The van der Waals surface area contributed by atoms with Gasteiger partial charge in [-0.3, -0.25) is 0 Å². The van der Waals surface area contributed by atoms with Crippen LogP contribution in [-0.4, -0.2) is 12.1 Å². The van der Waals surface area contributed by atoms with E-state index in [4.69, 9.17) is 0 Å². The van der Waals surface area contributed by atoms with Gasteiger partial charge in [-0.25, -0.2) is 4.79 Å². The van der Waals surface area contributed by atoms with Crippen LogP contribution in [0.1, 0.15) is 45.1 Å². The third kappa shape index (κ3) is 4.27. The Balaban J connectivity index is 1.80.